The fourth-order valence-electron chi connectivity index (χ4n) is 2.69. The van der Waals surface area contributed by atoms with Crippen molar-refractivity contribution in [2.45, 2.75) is 61.7 Å². The van der Waals surface area contributed by atoms with Gasteiger partial charge in [-0.25, -0.2) is 4.68 Å². The van der Waals surface area contributed by atoms with E-state index in [4.69, 9.17) is 0 Å². The number of hydrogen-bond acceptors (Lipinski definition) is 5. The summed E-state index contributed by atoms with van der Waals surface area (Å²) >= 11 is 1.27. The summed E-state index contributed by atoms with van der Waals surface area (Å²) in [5.74, 6) is -0.213. The van der Waals surface area contributed by atoms with Crippen LogP contribution in [0, 0.1) is 0 Å². The second-order valence-corrected chi connectivity index (χ2v) is 8.89. The average molecular weight is 413 g/mol. The fourth-order valence-corrected chi connectivity index (χ4v) is 3.58. The third kappa shape index (κ3) is 4.84. The maximum Gasteiger partial charge on any atom is 0.416 e. The van der Waals surface area contributed by atoms with Crippen LogP contribution in [0.5, 0.6) is 0 Å². The highest BCUT2D eigenvalue weighted by Gasteiger charge is 2.33. The minimum Gasteiger partial charge on any atom is -0.354 e. The van der Waals surface area contributed by atoms with Crippen molar-refractivity contribution >= 4 is 17.7 Å². The van der Waals surface area contributed by atoms with E-state index >= 15 is 0 Å². The number of carbonyl (C=O) groups excluding carboxylic acids is 1. The summed E-state index contributed by atoms with van der Waals surface area (Å²) in [5, 5.41) is 14.6. The Morgan fingerprint density at radius 3 is 2.64 bits per heavy atom. The lowest BCUT2D eigenvalue weighted by molar-refractivity contribution is -0.137. The quantitative estimate of drug-likeness (QED) is 0.702. The second kappa shape index (κ2) is 7.73. The van der Waals surface area contributed by atoms with Gasteiger partial charge in [-0.3, -0.25) is 4.79 Å². The number of tetrazole rings is 1. The second-order valence-electron chi connectivity index (χ2n) is 7.58. The molecule has 1 N–H and O–H groups in total. The van der Waals surface area contributed by atoms with Crippen molar-refractivity contribution in [1.82, 2.24) is 25.5 Å². The van der Waals surface area contributed by atoms with Crippen molar-refractivity contribution < 1.29 is 18.0 Å². The summed E-state index contributed by atoms with van der Waals surface area (Å²) in [6.07, 6.45) is -2.33. The maximum absolute atomic E-state index is 13.0. The molecule has 1 fully saturated rings. The molecule has 1 amide bonds. The van der Waals surface area contributed by atoms with E-state index in [9.17, 15) is 18.0 Å². The molecule has 0 saturated heterocycles. The predicted molar refractivity (Wildman–Crippen MR) is 98.9 cm³/mol. The molecule has 0 aliphatic heterocycles. The number of carbonyl (C=O) groups is 1. The standard InChI is InChI=1S/C18H22F3N5OS/c1-11(28-16-23-24-25-26(16)14-7-8-14)15(27)22-10-17(2,3)12-5-4-6-13(9-12)18(19,20)21/h4-6,9,11,14H,7-8,10H2,1-3H3,(H,22,27). The first kappa shape index (κ1) is 20.6. The number of amides is 1. The Kier molecular flexibility index (Phi) is 5.69. The lowest BCUT2D eigenvalue weighted by atomic mass is 9.83. The Labute approximate surface area is 165 Å². The molecule has 2 aromatic rings. The smallest absolute Gasteiger partial charge is 0.354 e. The number of halogens is 3. The van der Waals surface area contributed by atoms with Gasteiger partial charge in [0.2, 0.25) is 11.1 Å². The van der Waals surface area contributed by atoms with Gasteiger partial charge in [-0.2, -0.15) is 13.2 Å². The summed E-state index contributed by atoms with van der Waals surface area (Å²) in [4.78, 5) is 12.5. The molecule has 0 radical (unpaired) electrons. The molecular formula is C18H22F3N5OS. The zero-order chi connectivity index (χ0) is 20.5. The topological polar surface area (TPSA) is 72.7 Å². The maximum atomic E-state index is 13.0. The van der Waals surface area contributed by atoms with Crippen molar-refractivity contribution in [3.8, 4) is 0 Å². The van der Waals surface area contributed by atoms with E-state index in [2.05, 4.69) is 20.8 Å². The summed E-state index contributed by atoms with van der Waals surface area (Å²) in [6.45, 7) is 5.57. The molecule has 1 heterocycles. The van der Waals surface area contributed by atoms with Crippen molar-refractivity contribution in [3.05, 3.63) is 35.4 Å². The highest BCUT2D eigenvalue weighted by atomic mass is 32.2. The van der Waals surface area contributed by atoms with E-state index in [0.717, 1.165) is 25.0 Å². The van der Waals surface area contributed by atoms with Gasteiger partial charge in [0, 0.05) is 12.0 Å². The average Bonchev–Trinajstić information content (AvgIpc) is 3.38. The number of benzene rings is 1. The first-order chi connectivity index (χ1) is 13.1. The van der Waals surface area contributed by atoms with Crippen LogP contribution < -0.4 is 5.32 Å². The summed E-state index contributed by atoms with van der Waals surface area (Å²) < 4.78 is 40.6. The molecule has 1 aromatic heterocycles. The normalized spacial score (nSPS) is 16.1. The van der Waals surface area contributed by atoms with Gasteiger partial charge in [-0.1, -0.05) is 43.8 Å². The van der Waals surface area contributed by atoms with Crippen molar-refractivity contribution in [1.29, 1.82) is 0 Å². The molecular weight excluding hydrogens is 391 g/mol. The summed E-state index contributed by atoms with van der Waals surface area (Å²) in [5.41, 5.74) is -0.836. The molecule has 1 unspecified atom stereocenters. The van der Waals surface area contributed by atoms with Crippen LogP contribution in [0.2, 0.25) is 0 Å². The molecule has 6 nitrogen and oxygen atoms in total. The highest BCUT2D eigenvalue weighted by Crippen LogP contribution is 2.37. The SMILES string of the molecule is CC(Sc1nnnn1C1CC1)C(=O)NCC(C)(C)c1cccc(C(F)(F)F)c1. The molecule has 3 rings (SSSR count). The molecule has 1 aliphatic rings. The molecule has 1 atom stereocenters. The van der Waals surface area contributed by atoms with Gasteiger partial charge >= 0.3 is 6.18 Å². The van der Waals surface area contributed by atoms with E-state index in [1.54, 1.807) is 31.5 Å². The first-order valence-electron chi connectivity index (χ1n) is 8.98. The van der Waals surface area contributed by atoms with Crippen LogP contribution in [0.3, 0.4) is 0 Å². The number of thioether (sulfide) groups is 1. The van der Waals surface area contributed by atoms with Gasteiger partial charge < -0.3 is 5.32 Å². The minimum atomic E-state index is -4.40. The number of nitrogens with zero attached hydrogens (tertiary/aromatic N) is 4. The Bertz CT molecular complexity index is 848. The highest BCUT2D eigenvalue weighted by molar-refractivity contribution is 8.00. The van der Waals surface area contributed by atoms with Crippen LogP contribution in [-0.2, 0) is 16.4 Å². The molecule has 152 valence electrons. The van der Waals surface area contributed by atoms with Gasteiger partial charge in [-0.15, -0.1) is 5.10 Å². The van der Waals surface area contributed by atoms with Gasteiger partial charge in [0.25, 0.3) is 0 Å². The number of aromatic nitrogens is 4. The molecule has 1 aliphatic carbocycles. The monoisotopic (exact) mass is 413 g/mol. The van der Waals surface area contributed by atoms with E-state index in [0.29, 0.717) is 16.8 Å². The van der Waals surface area contributed by atoms with Crippen LogP contribution >= 0.6 is 11.8 Å². The van der Waals surface area contributed by atoms with Crippen molar-refractivity contribution in [2.24, 2.45) is 0 Å². The number of rotatable bonds is 7. The van der Waals surface area contributed by atoms with Crippen molar-refractivity contribution in [3.63, 3.8) is 0 Å². The fraction of sp³-hybridized carbons (Fsp3) is 0.556. The third-order valence-electron chi connectivity index (χ3n) is 4.68. The Balaban J connectivity index is 1.60. The lowest BCUT2D eigenvalue weighted by Gasteiger charge is -2.27. The van der Waals surface area contributed by atoms with E-state index in [-0.39, 0.29) is 12.5 Å². The number of alkyl halides is 3. The predicted octanol–water partition coefficient (Wildman–Crippen LogP) is 3.60. The van der Waals surface area contributed by atoms with E-state index in [1.807, 2.05) is 0 Å². The zero-order valence-electron chi connectivity index (χ0n) is 15.8. The molecule has 1 aromatic carbocycles. The molecule has 28 heavy (non-hydrogen) atoms. The summed E-state index contributed by atoms with van der Waals surface area (Å²) in [6, 6.07) is 5.52. The minimum absolute atomic E-state index is 0.213. The third-order valence-corrected chi connectivity index (χ3v) is 5.73. The number of hydrogen-bond donors (Lipinski definition) is 1. The van der Waals surface area contributed by atoms with Gasteiger partial charge in [0.15, 0.2) is 0 Å². The Hall–Kier alpha value is -2.10. The molecule has 0 bridgehead atoms. The van der Waals surface area contributed by atoms with Gasteiger partial charge in [0.1, 0.15) is 0 Å². The van der Waals surface area contributed by atoms with Gasteiger partial charge in [-0.05, 0) is 41.8 Å². The Morgan fingerprint density at radius 1 is 1.32 bits per heavy atom. The van der Waals surface area contributed by atoms with E-state index in [1.165, 1.54) is 17.8 Å². The largest absolute Gasteiger partial charge is 0.416 e. The molecule has 0 spiro atoms. The summed E-state index contributed by atoms with van der Waals surface area (Å²) in [7, 11) is 0. The first-order valence-corrected chi connectivity index (χ1v) is 9.86. The number of nitrogens with one attached hydrogen (secondary N) is 1. The van der Waals surface area contributed by atoms with Crippen molar-refractivity contribution in [2.75, 3.05) is 6.54 Å². The lowest BCUT2D eigenvalue weighted by Crippen LogP contribution is -2.40. The van der Waals surface area contributed by atoms with Crippen LogP contribution in [0.15, 0.2) is 29.4 Å². The zero-order valence-corrected chi connectivity index (χ0v) is 16.6. The van der Waals surface area contributed by atoms with Crippen LogP contribution in [0.25, 0.3) is 0 Å². The van der Waals surface area contributed by atoms with Crippen LogP contribution in [0.4, 0.5) is 13.2 Å². The van der Waals surface area contributed by atoms with E-state index < -0.39 is 22.4 Å². The van der Waals surface area contributed by atoms with Crippen LogP contribution in [0.1, 0.15) is 50.8 Å². The van der Waals surface area contributed by atoms with Gasteiger partial charge in [0.05, 0.1) is 16.9 Å². The Morgan fingerprint density at radius 2 is 2.00 bits per heavy atom. The molecule has 1 saturated carbocycles. The molecule has 10 heteroatoms. The van der Waals surface area contributed by atoms with Crippen LogP contribution in [-0.4, -0.2) is 37.9 Å².